The van der Waals surface area contributed by atoms with Crippen LogP contribution in [0.25, 0.3) is 0 Å². The van der Waals surface area contributed by atoms with Crippen molar-refractivity contribution in [1.82, 2.24) is 10.3 Å². The largest absolute Gasteiger partial charge is 0.417 e. The first kappa shape index (κ1) is 13.9. The Bertz CT molecular complexity index is 492. The molecule has 3 heterocycles. The Hall–Kier alpha value is -1.01. The lowest BCUT2D eigenvalue weighted by Gasteiger charge is -2.24. The second kappa shape index (κ2) is 5.07. The van der Waals surface area contributed by atoms with Gasteiger partial charge in [0.2, 0.25) is 0 Å². The van der Waals surface area contributed by atoms with Crippen molar-refractivity contribution in [2.45, 2.75) is 25.1 Å². The van der Waals surface area contributed by atoms with E-state index in [0.29, 0.717) is 17.8 Å². The number of nitrogens with one attached hydrogen (secondary N) is 1. The lowest BCUT2D eigenvalue weighted by molar-refractivity contribution is -0.137. The molecule has 1 aromatic heterocycles. The summed E-state index contributed by atoms with van der Waals surface area (Å²) >= 11 is 5.99. The van der Waals surface area contributed by atoms with Crippen molar-refractivity contribution in [1.29, 1.82) is 0 Å². The molecule has 2 fully saturated rings. The SMILES string of the molecule is FC(F)(F)c1cnc(N2C[C@@H]3CCCN[C@@H]3C2)c(Cl)c1. The highest BCUT2D eigenvalue weighted by atomic mass is 35.5. The highest BCUT2D eigenvalue weighted by molar-refractivity contribution is 6.33. The molecular weight excluding hydrogens is 291 g/mol. The van der Waals surface area contributed by atoms with Gasteiger partial charge in [0.25, 0.3) is 0 Å². The maximum absolute atomic E-state index is 12.6. The predicted molar refractivity (Wildman–Crippen MR) is 71.0 cm³/mol. The fraction of sp³-hybridized carbons (Fsp3) is 0.615. The first-order valence-corrected chi connectivity index (χ1v) is 7.04. The Morgan fingerprint density at radius 1 is 1.35 bits per heavy atom. The monoisotopic (exact) mass is 305 g/mol. The Balaban J connectivity index is 1.81. The first-order chi connectivity index (χ1) is 9.45. The molecule has 7 heteroatoms. The minimum Gasteiger partial charge on any atom is -0.353 e. The van der Waals surface area contributed by atoms with Crippen LogP contribution < -0.4 is 10.2 Å². The van der Waals surface area contributed by atoms with Crippen LogP contribution in [0.15, 0.2) is 12.3 Å². The normalized spacial score (nSPS) is 26.7. The number of aromatic nitrogens is 1. The van der Waals surface area contributed by atoms with Crippen LogP contribution >= 0.6 is 11.6 Å². The van der Waals surface area contributed by atoms with Crippen LogP contribution in [0.1, 0.15) is 18.4 Å². The molecule has 3 rings (SSSR count). The molecule has 2 saturated heterocycles. The molecule has 2 aliphatic rings. The van der Waals surface area contributed by atoms with Gasteiger partial charge >= 0.3 is 6.18 Å². The van der Waals surface area contributed by atoms with E-state index in [0.717, 1.165) is 44.7 Å². The maximum Gasteiger partial charge on any atom is 0.417 e. The second-order valence-corrected chi connectivity index (χ2v) is 5.80. The van der Waals surface area contributed by atoms with Crippen molar-refractivity contribution in [3.8, 4) is 0 Å². The molecule has 2 aliphatic heterocycles. The van der Waals surface area contributed by atoms with E-state index in [9.17, 15) is 13.2 Å². The van der Waals surface area contributed by atoms with Crippen molar-refractivity contribution in [3.63, 3.8) is 0 Å². The van der Waals surface area contributed by atoms with Crippen LogP contribution in [0.5, 0.6) is 0 Å². The highest BCUT2D eigenvalue weighted by Crippen LogP contribution is 2.36. The van der Waals surface area contributed by atoms with Gasteiger partial charge in [0.1, 0.15) is 5.82 Å². The number of halogens is 4. The van der Waals surface area contributed by atoms with Crippen molar-refractivity contribution >= 4 is 17.4 Å². The number of rotatable bonds is 1. The van der Waals surface area contributed by atoms with Gasteiger partial charge < -0.3 is 10.2 Å². The van der Waals surface area contributed by atoms with Gasteiger partial charge in [-0.05, 0) is 31.4 Å². The average Bonchev–Trinajstić information content (AvgIpc) is 2.80. The zero-order valence-corrected chi connectivity index (χ0v) is 11.5. The van der Waals surface area contributed by atoms with Gasteiger partial charge in [-0.25, -0.2) is 4.98 Å². The zero-order chi connectivity index (χ0) is 14.3. The van der Waals surface area contributed by atoms with Crippen LogP contribution in [0.3, 0.4) is 0 Å². The summed E-state index contributed by atoms with van der Waals surface area (Å²) in [7, 11) is 0. The molecule has 0 amide bonds. The lowest BCUT2D eigenvalue weighted by Crippen LogP contribution is -2.40. The van der Waals surface area contributed by atoms with Crippen molar-refractivity contribution < 1.29 is 13.2 Å². The highest BCUT2D eigenvalue weighted by Gasteiger charge is 2.36. The van der Waals surface area contributed by atoms with Gasteiger partial charge in [-0.2, -0.15) is 13.2 Å². The summed E-state index contributed by atoms with van der Waals surface area (Å²) in [6.07, 6.45) is -1.26. The van der Waals surface area contributed by atoms with Crippen molar-refractivity contribution in [2.24, 2.45) is 5.92 Å². The fourth-order valence-electron chi connectivity index (χ4n) is 3.04. The van der Waals surface area contributed by atoms with E-state index in [1.54, 1.807) is 0 Å². The molecule has 1 N–H and O–H groups in total. The summed E-state index contributed by atoms with van der Waals surface area (Å²) in [5.74, 6) is 0.986. The van der Waals surface area contributed by atoms with Crippen LogP contribution in [0.2, 0.25) is 5.02 Å². The Morgan fingerprint density at radius 3 is 2.80 bits per heavy atom. The van der Waals surface area contributed by atoms with Gasteiger partial charge in [-0.1, -0.05) is 11.6 Å². The topological polar surface area (TPSA) is 28.2 Å². The van der Waals surface area contributed by atoms with E-state index in [1.165, 1.54) is 0 Å². The first-order valence-electron chi connectivity index (χ1n) is 6.66. The minimum absolute atomic E-state index is 0.0680. The summed E-state index contributed by atoms with van der Waals surface area (Å²) in [5, 5.41) is 3.51. The second-order valence-electron chi connectivity index (χ2n) is 5.40. The molecular formula is C13H15ClF3N3. The molecule has 3 nitrogen and oxygen atoms in total. The molecule has 2 atom stereocenters. The molecule has 0 radical (unpaired) electrons. The molecule has 0 unspecified atom stereocenters. The molecule has 0 aliphatic carbocycles. The lowest BCUT2D eigenvalue weighted by atomic mass is 9.94. The Kier molecular flexibility index (Phi) is 3.54. The van der Waals surface area contributed by atoms with Gasteiger partial charge in [0, 0.05) is 25.3 Å². The standard InChI is InChI=1S/C13H15ClF3N3/c14-10-4-9(13(15,16)17)5-19-12(10)20-6-8-2-1-3-18-11(8)7-20/h4-5,8,11,18H,1-3,6-7H2/t8-,11+/m0/s1. The molecule has 0 aromatic carbocycles. The number of piperidine rings is 1. The zero-order valence-electron chi connectivity index (χ0n) is 10.8. The number of hydrogen-bond donors (Lipinski definition) is 1. The van der Waals surface area contributed by atoms with E-state index in [4.69, 9.17) is 11.6 Å². The number of nitrogens with zero attached hydrogens (tertiary/aromatic N) is 2. The van der Waals surface area contributed by atoms with E-state index < -0.39 is 11.7 Å². The predicted octanol–water partition coefficient (Wildman–Crippen LogP) is 2.94. The maximum atomic E-state index is 12.6. The van der Waals surface area contributed by atoms with Gasteiger partial charge in [0.15, 0.2) is 0 Å². The summed E-state index contributed by atoms with van der Waals surface area (Å²) in [6.45, 7) is 2.56. The third-order valence-electron chi connectivity index (χ3n) is 4.05. The molecule has 20 heavy (non-hydrogen) atoms. The third kappa shape index (κ3) is 2.59. The fourth-order valence-corrected chi connectivity index (χ4v) is 3.32. The Morgan fingerprint density at radius 2 is 2.15 bits per heavy atom. The number of fused-ring (bicyclic) bond motifs is 1. The van der Waals surface area contributed by atoms with E-state index >= 15 is 0 Å². The molecule has 0 spiro atoms. The van der Waals surface area contributed by atoms with Crippen LogP contribution in [-0.4, -0.2) is 30.7 Å². The number of pyridine rings is 1. The van der Waals surface area contributed by atoms with Crippen LogP contribution in [-0.2, 0) is 6.18 Å². The van der Waals surface area contributed by atoms with E-state index in [-0.39, 0.29) is 5.02 Å². The summed E-state index contributed by atoms with van der Waals surface area (Å²) in [4.78, 5) is 5.91. The van der Waals surface area contributed by atoms with Crippen molar-refractivity contribution in [3.05, 3.63) is 22.8 Å². The molecule has 0 saturated carbocycles. The van der Waals surface area contributed by atoms with E-state index in [1.807, 2.05) is 4.90 Å². The summed E-state index contributed by atoms with van der Waals surface area (Å²) in [5.41, 5.74) is -0.805. The van der Waals surface area contributed by atoms with E-state index in [2.05, 4.69) is 10.3 Å². The average molecular weight is 306 g/mol. The number of anilines is 1. The summed E-state index contributed by atoms with van der Waals surface area (Å²) in [6, 6.07) is 1.35. The minimum atomic E-state index is -4.41. The van der Waals surface area contributed by atoms with Crippen LogP contribution in [0, 0.1) is 5.92 Å². The van der Waals surface area contributed by atoms with Gasteiger partial charge in [-0.15, -0.1) is 0 Å². The van der Waals surface area contributed by atoms with Gasteiger partial charge in [-0.3, -0.25) is 0 Å². The quantitative estimate of drug-likeness (QED) is 0.864. The van der Waals surface area contributed by atoms with Crippen LogP contribution in [0.4, 0.5) is 19.0 Å². The van der Waals surface area contributed by atoms with Crippen molar-refractivity contribution in [2.75, 3.05) is 24.5 Å². The Labute approximate surface area is 120 Å². The summed E-state index contributed by atoms with van der Waals surface area (Å²) < 4.78 is 37.8. The smallest absolute Gasteiger partial charge is 0.353 e. The number of alkyl halides is 3. The molecule has 0 bridgehead atoms. The molecule has 1 aromatic rings. The molecule has 110 valence electrons. The number of hydrogen-bond acceptors (Lipinski definition) is 3. The van der Waals surface area contributed by atoms with Gasteiger partial charge in [0.05, 0.1) is 10.6 Å². The third-order valence-corrected chi connectivity index (χ3v) is 4.33.